The normalized spacial score (nSPS) is 20.2. The number of carbonyl (C=O) groups is 2. The molecule has 2 heterocycles. The van der Waals surface area contributed by atoms with Crippen molar-refractivity contribution in [1.82, 2.24) is 4.90 Å². The maximum atomic E-state index is 12.7. The van der Waals surface area contributed by atoms with Gasteiger partial charge in [0, 0.05) is 60.7 Å². The van der Waals surface area contributed by atoms with E-state index in [0.29, 0.717) is 6.54 Å². The lowest BCUT2D eigenvalue weighted by Crippen LogP contribution is -2.44. The number of halogens is 1. The average molecular weight is 457 g/mol. The first kappa shape index (κ1) is 19.9. The van der Waals surface area contributed by atoms with Crippen LogP contribution in [0.25, 0.3) is 0 Å². The molecule has 0 radical (unpaired) electrons. The molecule has 152 valence electrons. The molecule has 2 saturated heterocycles. The predicted octanol–water partition coefficient (Wildman–Crippen LogP) is 3.19. The maximum absolute atomic E-state index is 12.7. The van der Waals surface area contributed by atoms with Crippen LogP contribution in [0.15, 0.2) is 53.0 Å². The number of hydrogen-bond acceptors (Lipinski definition) is 4. The monoisotopic (exact) mass is 456 g/mol. The van der Waals surface area contributed by atoms with Crippen LogP contribution in [0.2, 0.25) is 0 Å². The van der Waals surface area contributed by atoms with E-state index in [2.05, 4.69) is 50.2 Å². The second-order valence-electron chi connectivity index (χ2n) is 7.71. The third-order valence-electron chi connectivity index (χ3n) is 5.64. The molecule has 0 spiro atoms. The number of rotatable bonds is 4. The van der Waals surface area contributed by atoms with Gasteiger partial charge in [-0.3, -0.25) is 9.59 Å². The first-order valence-corrected chi connectivity index (χ1v) is 10.7. The van der Waals surface area contributed by atoms with Crippen LogP contribution in [0, 0.1) is 5.92 Å². The summed E-state index contributed by atoms with van der Waals surface area (Å²) in [5.74, 6) is -0.466. The zero-order chi connectivity index (χ0) is 20.4. The smallest absolute Gasteiger partial charge is 0.229 e. The standard InChI is InChI=1S/C22H25BrN4O2/c1-25-10-12-26(13-11-25)19-8-4-18(5-9-19)24-22(29)16-14-21(28)27(15-16)20-6-2-17(23)3-7-20/h2-9,16H,10-15H2,1H3,(H,24,29)/t16-/m0/s1. The van der Waals surface area contributed by atoms with Crippen molar-refractivity contribution in [2.45, 2.75) is 6.42 Å². The highest BCUT2D eigenvalue weighted by Crippen LogP contribution is 2.27. The molecule has 0 unspecified atom stereocenters. The van der Waals surface area contributed by atoms with E-state index in [4.69, 9.17) is 0 Å². The third kappa shape index (κ3) is 4.62. The van der Waals surface area contributed by atoms with E-state index in [1.54, 1.807) is 4.90 Å². The van der Waals surface area contributed by atoms with Gasteiger partial charge >= 0.3 is 0 Å². The van der Waals surface area contributed by atoms with Gasteiger partial charge in [-0.25, -0.2) is 0 Å². The molecule has 0 aromatic heterocycles. The number of piperazine rings is 1. The van der Waals surface area contributed by atoms with E-state index in [1.807, 2.05) is 36.4 Å². The molecule has 2 fully saturated rings. The van der Waals surface area contributed by atoms with Crippen molar-refractivity contribution in [1.29, 1.82) is 0 Å². The summed E-state index contributed by atoms with van der Waals surface area (Å²) in [5, 5.41) is 2.97. The van der Waals surface area contributed by atoms with E-state index in [1.165, 1.54) is 5.69 Å². The summed E-state index contributed by atoms with van der Waals surface area (Å²) < 4.78 is 0.960. The molecule has 0 saturated carbocycles. The second kappa shape index (κ2) is 8.55. The van der Waals surface area contributed by atoms with Gasteiger partial charge in [0.15, 0.2) is 0 Å². The van der Waals surface area contributed by atoms with Gasteiger partial charge in [-0.15, -0.1) is 0 Å². The summed E-state index contributed by atoms with van der Waals surface area (Å²) in [6.07, 6.45) is 0.237. The highest BCUT2D eigenvalue weighted by molar-refractivity contribution is 9.10. The molecule has 2 aromatic rings. The molecule has 2 aromatic carbocycles. The van der Waals surface area contributed by atoms with Crippen molar-refractivity contribution >= 4 is 44.8 Å². The lowest BCUT2D eigenvalue weighted by molar-refractivity contribution is -0.122. The Hall–Kier alpha value is -2.38. The number of carbonyl (C=O) groups excluding carboxylic acids is 2. The number of amides is 2. The quantitative estimate of drug-likeness (QED) is 0.767. The van der Waals surface area contributed by atoms with Crippen LogP contribution in [0.1, 0.15) is 6.42 Å². The summed E-state index contributed by atoms with van der Waals surface area (Å²) in [6, 6.07) is 15.6. The summed E-state index contributed by atoms with van der Waals surface area (Å²) in [4.78, 5) is 31.5. The Labute approximate surface area is 179 Å². The van der Waals surface area contributed by atoms with Crippen molar-refractivity contribution < 1.29 is 9.59 Å². The minimum Gasteiger partial charge on any atom is -0.369 e. The Morgan fingerprint density at radius 2 is 1.59 bits per heavy atom. The zero-order valence-corrected chi connectivity index (χ0v) is 18.1. The molecule has 4 rings (SSSR count). The topological polar surface area (TPSA) is 55.9 Å². The number of nitrogens with one attached hydrogen (secondary N) is 1. The Balaban J connectivity index is 1.35. The maximum Gasteiger partial charge on any atom is 0.229 e. The summed E-state index contributed by atoms with van der Waals surface area (Å²) in [5.41, 5.74) is 2.76. The van der Waals surface area contributed by atoms with E-state index >= 15 is 0 Å². The lowest BCUT2D eigenvalue weighted by atomic mass is 10.1. The Bertz CT molecular complexity index is 877. The molecule has 0 aliphatic carbocycles. The summed E-state index contributed by atoms with van der Waals surface area (Å²) in [7, 11) is 2.14. The first-order chi connectivity index (χ1) is 14.0. The molecular weight excluding hydrogens is 432 g/mol. The molecular formula is C22H25BrN4O2. The molecule has 0 bridgehead atoms. The predicted molar refractivity (Wildman–Crippen MR) is 119 cm³/mol. The molecule has 7 heteroatoms. The molecule has 1 N–H and O–H groups in total. The minimum absolute atomic E-state index is 0.0158. The van der Waals surface area contributed by atoms with Crippen molar-refractivity contribution in [3.05, 3.63) is 53.0 Å². The van der Waals surface area contributed by atoms with Crippen LogP contribution >= 0.6 is 15.9 Å². The fraction of sp³-hybridized carbons (Fsp3) is 0.364. The Kier molecular flexibility index (Phi) is 5.87. The van der Waals surface area contributed by atoms with Gasteiger partial charge in [0.05, 0.1) is 5.92 Å². The summed E-state index contributed by atoms with van der Waals surface area (Å²) in [6.45, 7) is 4.55. The van der Waals surface area contributed by atoms with Gasteiger partial charge in [0.1, 0.15) is 0 Å². The first-order valence-electron chi connectivity index (χ1n) is 9.90. The molecule has 2 aliphatic rings. The minimum atomic E-state index is -0.344. The second-order valence-corrected chi connectivity index (χ2v) is 8.62. The fourth-order valence-corrected chi connectivity index (χ4v) is 4.08. The van der Waals surface area contributed by atoms with Gasteiger partial charge in [-0.1, -0.05) is 15.9 Å². The number of hydrogen-bond donors (Lipinski definition) is 1. The number of benzene rings is 2. The van der Waals surface area contributed by atoms with Crippen LogP contribution in [0.5, 0.6) is 0 Å². The van der Waals surface area contributed by atoms with Gasteiger partial charge < -0.3 is 20.0 Å². The molecule has 2 aliphatic heterocycles. The van der Waals surface area contributed by atoms with Crippen molar-refractivity contribution in [3.8, 4) is 0 Å². The van der Waals surface area contributed by atoms with Crippen LogP contribution in [0.4, 0.5) is 17.1 Å². The van der Waals surface area contributed by atoms with Crippen LogP contribution in [-0.2, 0) is 9.59 Å². The highest BCUT2D eigenvalue weighted by atomic mass is 79.9. The molecule has 29 heavy (non-hydrogen) atoms. The van der Waals surface area contributed by atoms with Crippen LogP contribution in [-0.4, -0.2) is 56.5 Å². The molecule has 2 amide bonds. The highest BCUT2D eigenvalue weighted by Gasteiger charge is 2.35. The van der Waals surface area contributed by atoms with E-state index in [0.717, 1.165) is 42.0 Å². The van der Waals surface area contributed by atoms with Crippen molar-refractivity contribution in [3.63, 3.8) is 0 Å². The van der Waals surface area contributed by atoms with E-state index in [-0.39, 0.29) is 24.2 Å². The van der Waals surface area contributed by atoms with E-state index < -0.39 is 0 Å². The Morgan fingerprint density at radius 1 is 0.966 bits per heavy atom. The Morgan fingerprint density at radius 3 is 2.24 bits per heavy atom. The van der Waals surface area contributed by atoms with Gasteiger partial charge in [-0.05, 0) is 55.6 Å². The lowest BCUT2D eigenvalue weighted by Gasteiger charge is -2.34. The van der Waals surface area contributed by atoms with Gasteiger partial charge in [-0.2, -0.15) is 0 Å². The fourth-order valence-electron chi connectivity index (χ4n) is 3.82. The number of anilines is 3. The van der Waals surface area contributed by atoms with Crippen LogP contribution in [0.3, 0.4) is 0 Å². The molecule has 1 atom stereocenters. The largest absolute Gasteiger partial charge is 0.369 e. The van der Waals surface area contributed by atoms with Crippen LogP contribution < -0.4 is 15.1 Å². The number of likely N-dealkylation sites (N-methyl/N-ethyl adjacent to an activating group) is 1. The average Bonchev–Trinajstić information content (AvgIpc) is 3.12. The third-order valence-corrected chi connectivity index (χ3v) is 6.17. The SMILES string of the molecule is CN1CCN(c2ccc(NC(=O)[C@H]3CC(=O)N(c4ccc(Br)cc4)C3)cc2)CC1. The van der Waals surface area contributed by atoms with E-state index in [9.17, 15) is 9.59 Å². The molecule has 6 nitrogen and oxygen atoms in total. The number of nitrogens with zero attached hydrogens (tertiary/aromatic N) is 3. The van der Waals surface area contributed by atoms with Gasteiger partial charge in [0.2, 0.25) is 11.8 Å². The zero-order valence-electron chi connectivity index (χ0n) is 16.5. The summed E-state index contributed by atoms with van der Waals surface area (Å²) >= 11 is 3.40. The van der Waals surface area contributed by atoms with Crippen molar-refractivity contribution in [2.24, 2.45) is 5.92 Å². The van der Waals surface area contributed by atoms with Crippen molar-refractivity contribution in [2.75, 3.05) is 54.9 Å². The van der Waals surface area contributed by atoms with Gasteiger partial charge in [0.25, 0.3) is 0 Å².